The number of piperazine rings is 1. The molecule has 5 nitrogen and oxygen atoms in total. The number of para-hydroxylation sites is 1. The Morgan fingerprint density at radius 1 is 0.931 bits per heavy atom. The van der Waals surface area contributed by atoms with E-state index < -0.39 is 0 Å². The molecule has 1 saturated heterocycles. The van der Waals surface area contributed by atoms with Crippen LogP contribution in [0.15, 0.2) is 79.1 Å². The molecule has 0 N–H and O–H groups in total. The SMILES string of the molecule is COc1cccc([C@@H](CC(=O)N2CCN(c3ccccc3)CC2)n2cccc2)c1. The monoisotopic (exact) mass is 389 g/mol. The summed E-state index contributed by atoms with van der Waals surface area (Å²) < 4.78 is 7.49. The van der Waals surface area contributed by atoms with Gasteiger partial charge in [0.1, 0.15) is 5.75 Å². The molecule has 2 heterocycles. The lowest BCUT2D eigenvalue weighted by atomic mass is 10.0. The van der Waals surface area contributed by atoms with Crippen molar-refractivity contribution < 1.29 is 9.53 Å². The van der Waals surface area contributed by atoms with Crippen molar-refractivity contribution in [3.05, 3.63) is 84.7 Å². The van der Waals surface area contributed by atoms with E-state index in [2.05, 4.69) is 39.8 Å². The molecule has 1 aliphatic rings. The molecular weight excluding hydrogens is 362 g/mol. The number of benzene rings is 2. The zero-order chi connectivity index (χ0) is 20.1. The number of nitrogens with zero attached hydrogens (tertiary/aromatic N) is 3. The Balaban J connectivity index is 1.45. The number of methoxy groups -OCH3 is 1. The fraction of sp³-hybridized carbons (Fsp3) is 0.292. The van der Waals surface area contributed by atoms with Crippen LogP contribution < -0.4 is 9.64 Å². The number of ether oxygens (including phenoxy) is 1. The Hall–Kier alpha value is -3.21. The highest BCUT2D eigenvalue weighted by Crippen LogP contribution is 2.27. The largest absolute Gasteiger partial charge is 0.497 e. The third-order valence-electron chi connectivity index (χ3n) is 5.59. The predicted molar refractivity (Wildman–Crippen MR) is 115 cm³/mol. The Kier molecular flexibility index (Phi) is 5.84. The van der Waals surface area contributed by atoms with Crippen molar-refractivity contribution in [2.45, 2.75) is 12.5 Å². The van der Waals surface area contributed by atoms with E-state index in [0.29, 0.717) is 6.42 Å². The van der Waals surface area contributed by atoms with E-state index in [0.717, 1.165) is 37.5 Å². The summed E-state index contributed by atoms with van der Waals surface area (Å²) in [5.41, 5.74) is 2.30. The molecule has 1 atom stereocenters. The molecule has 1 fully saturated rings. The number of amides is 1. The summed E-state index contributed by atoms with van der Waals surface area (Å²) in [5, 5.41) is 0. The van der Waals surface area contributed by atoms with Crippen molar-refractivity contribution in [3.63, 3.8) is 0 Å². The molecule has 0 spiro atoms. The maximum absolute atomic E-state index is 13.1. The summed E-state index contributed by atoms with van der Waals surface area (Å²) >= 11 is 0. The molecule has 4 rings (SSSR count). The van der Waals surface area contributed by atoms with E-state index in [1.54, 1.807) is 7.11 Å². The number of aromatic nitrogens is 1. The molecule has 0 unspecified atom stereocenters. The van der Waals surface area contributed by atoms with E-state index >= 15 is 0 Å². The Labute approximate surface area is 172 Å². The van der Waals surface area contributed by atoms with E-state index in [9.17, 15) is 4.79 Å². The molecule has 1 aliphatic heterocycles. The molecule has 0 saturated carbocycles. The molecule has 5 heteroatoms. The van der Waals surface area contributed by atoms with E-state index in [1.165, 1.54) is 5.69 Å². The highest BCUT2D eigenvalue weighted by atomic mass is 16.5. The van der Waals surface area contributed by atoms with Crippen LogP contribution in [0.1, 0.15) is 18.0 Å². The zero-order valence-corrected chi connectivity index (χ0v) is 16.8. The lowest BCUT2D eigenvalue weighted by molar-refractivity contribution is -0.132. The van der Waals surface area contributed by atoms with Gasteiger partial charge in [0.05, 0.1) is 19.6 Å². The third kappa shape index (κ3) is 4.45. The van der Waals surface area contributed by atoms with Crippen molar-refractivity contribution in [2.24, 2.45) is 0 Å². The molecule has 2 aromatic carbocycles. The number of hydrogen-bond donors (Lipinski definition) is 0. The summed E-state index contributed by atoms with van der Waals surface area (Å²) in [6.07, 6.45) is 4.47. The number of anilines is 1. The molecule has 150 valence electrons. The van der Waals surface area contributed by atoms with Gasteiger partial charge in [-0.25, -0.2) is 0 Å². The molecule has 29 heavy (non-hydrogen) atoms. The van der Waals surface area contributed by atoms with Crippen LogP contribution in [0.2, 0.25) is 0 Å². The fourth-order valence-electron chi connectivity index (χ4n) is 3.95. The second kappa shape index (κ2) is 8.86. The number of carbonyl (C=O) groups excluding carboxylic acids is 1. The average molecular weight is 389 g/mol. The smallest absolute Gasteiger partial charge is 0.225 e. The number of rotatable bonds is 6. The molecule has 1 amide bonds. The van der Waals surface area contributed by atoms with Crippen LogP contribution in [0.4, 0.5) is 5.69 Å². The first-order valence-electron chi connectivity index (χ1n) is 10.1. The van der Waals surface area contributed by atoms with Gasteiger partial charge in [0.15, 0.2) is 0 Å². The van der Waals surface area contributed by atoms with Gasteiger partial charge in [0, 0.05) is 44.3 Å². The van der Waals surface area contributed by atoms with Crippen LogP contribution >= 0.6 is 0 Å². The van der Waals surface area contributed by atoms with Crippen molar-refractivity contribution in [1.82, 2.24) is 9.47 Å². The van der Waals surface area contributed by atoms with Gasteiger partial charge in [0.25, 0.3) is 0 Å². The highest BCUT2D eigenvalue weighted by Gasteiger charge is 2.25. The summed E-state index contributed by atoms with van der Waals surface area (Å²) in [7, 11) is 1.67. The lowest BCUT2D eigenvalue weighted by Crippen LogP contribution is -2.49. The van der Waals surface area contributed by atoms with Gasteiger partial charge in [-0.1, -0.05) is 30.3 Å². The summed E-state index contributed by atoms with van der Waals surface area (Å²) in [4.78, 5) is 17.5. The Morgan fingerprint density at radius 2 is 1.66 bits per heavy atom. The van der Waals surface area contributed by atoms with Crippen LogP contribution in [0.25, 0.3) is 0 Å². The van der Waals surface area contributed by atoms with Crippen LogP contribution in [0.5, 0.6) is 5.75 Å². The lowest BCUT2D eigenvalue weighted by Gasteiger charge is -2.36. The van der Waals surface area contributed by atoms with Gasteiger partial charge in [-0.05, 0) is 42.0 Å². The van der Waals surface area contributed by atoms with E-state index in [1.807, 2.05) is 53.7 Å². The predicted octanol–water partition coefficient (Wildman–Crippen LogP) is 3.83. The first-order valence-corrected chi connectivity index (χ1v) is 10.1. The van der Waals surface area contributed by atoms with E-state index in [4.69, 9.17) is 4.74 Å². The second-order valence-corrected chi connectivity index (χ2v) is 7.33. The summed E-state index contributed by atoms with van der Waals surface area (Å²) in [5.74, 6) is 1.00. The number of hydrogen-bond acceptors (Lipinski definition) is 3. The molecular formula is C24H27N3O2. The number of carbonyl (C=O) groups is 1. The van der Waals surface area contributed by atoms with Crippen LogP contribution in [0, 0.1) is 0 Å². The Morgan fingerprint density at radius 3 is 2.34 bits per heavy atom. The Bertz CT molecular complexity index is 916. The first kappa shape index (κ1) is 19.1. The van der Waals surface area contributed by atoms with Gasteiger partial charge in [-0.3, -0.25) is 4.79 Å². The van der Waals surface area contributed by atoms with Gasteiger partial charge in [-0.15, -0.1) is 0 Å². The molecule has 0 radical (unpaired) electrons. The minimum Gasteiger partial charge on any atom is -0.497 e. The van der Waals surface area contributed by atoms with Crippen molar-refractivity contribution >= 4 is 11.6 Å². The fourth-order valence-corrected chi connectivity index (χ4v) is 3.95. The van der Waals surface area contributed by atoms with E-state index in [-0.39, 0.29) is 11.9 Å². The van der Waals surface area contributed by atoms with Gasteiger partial charge in [-0.2, -0.15) is 0 Å². The summed E-state index contributed by atoms with van der Waals surface area (Å²) in [6, 6.07) is 22.3. The quantitative estimate of drug-likeness (QED) is 0.643. The molecule has 0 aliphatic carbocycles. The van der Waals surface area contributed by atoms with Crippen LogP contribution in [0.3, 0.4) is 0 Å². The topological polar surface area (TPSA) is 37.7 Å². The molecule has 1 aromatic heterocycles. The second-order valence-electron chi connectivity index (χ2n) is 7.33. The maximum atomic E-state index is 13.1. The van der Waals surface area contributed by atoms with Crippen molar-refractivity contribution in [1.29, 1.82) is 0 Å². The van der Waals surface area contributed by atoms with Gasteiger partial charge >= 0.3 is 0 Å². The zero-order valence-electron chi connectivity index (χ0n) is 16.8. The van der Waals surface area contributed by atoms with Gasteiger partial charge in [0.2, 0.25) is 5.91 Å². The van der Waals surface area contributed by atoms with Crippen molar-refractivity contribution in [3.8, 4) is 5.75 Å². The average Bonchev–Trinajstić information content (AvgIpc) is 3.32. The minimum absolute atomic E-state index is 0.0419. The standard InChI is InChI=1S/C24H27N3O2/c1-29-22-11-7-8-20(18-22)23(26-12-5-6-13-26)19-24(28)27-16-14-25(15-17-27)21-9-3-2-4-10-21/h2-13,18,23H,14-17,19H2,1H3/t23-/m1/s1. The van der Waals surface area contributed by atoms with Gasteiger partial charge < -0.3 is 19.1 Å². The highest BCUT2D eigenvalue weighted by molar-refractivity contribution is 5.77. The third-order valence-corrected chi connectivity index (χ3v) is 5.59. The van der Waals surface area contributed by atoms with Crippen LogP contribution in [-0.4, -0.2) is 48.7 Å². The minimum atomic E-state index is -0.0419. The maximum Gasteiger partial charge on any atom is 0.225 e. The van der Waals surface area contributed by atoms with Crippen LogP contribution in [-0.2, 0) is 4.79 Å². The molecule has 0 bridgehead atoms. The first-order chi connectivity index (χ1) is 14.2. The molecule has 3 aromatic rings. The summed E-state index contributed by atoms with van der Waals surface area (Å²) in [6.45, 7) is 3.24. The van der Waals surface area contributed by atoms with Crippen molar-refractivity contribution in [2.75, 3.05) is 38.2 Å². The normalized spacial score (nSPS) is 15.2.